The van der Waals surface area contributed by atoms with E-state index in [4.69, 9.17) is 4.74 Å². The van der Waals surface area contributed by atoms with E-state index in [1.807, 2.05) is 45.9 Å². The highest BCUT2D eigenvalue weighted by atomic mass is 16.5. The molecule has 1 saturated heterocycles. The second kappa shape index (κ2) is 7.93. The highest BCUT2D eigenvalue weighted by molar-refractivity contribution is 5.56. The highest BCUT2D eigenvalue weighted by Crippen LogP contribution is 2.48. The molecular formula is C23H27N6O6. The van der Waals surface area contributed by atoms with E-state index in [2.05, 4.69) is 15.3 Å². The normalized spacial score (nSPS) is 25.2. The molecule has 0 amide bonds. The molecule has 0 unspecified atom stereocenters. The summed E-state index contributed by atoms with van der Waals surface area (Å²) in [5, 5.41) is 41.6. The maximum Gasteiger partial charge on any atom is 0.330 e. The second-order valence-electron chi connectivity index (χ2n) is 10.0. The van der Waals surface area contributed by atoms with Crippen molar-refractivity contribution in [3.63, 3.8) is 0 Å². The van der Waals surface area contributed by atoms with Crippen molar-refractivity contribution in [2.75, 3.05) is 6.61 Å². The Balaban J connectivity index is 1.51. The number of H-pyrrole nitrogens is 1. The van der Waals surface area contributed by atoms with Crippen LogP contribution in [0, 0.1) is 0 Å². The van der Waals surface area contributed by atoms with Crippen LogP contribution in [0.3, 0.4) is 0 Å². The van der Waals surface area contributed by atoms with Gasteiger partial charge < -0.3 is 14.9 Å². The van der Waals surface area contributed by atoms with Crippen molar-refractivity contribution in [3.05, 3.63) is 62.6 Å². The smallest absolute Gasteiger partial charge is 0.330 e. The van der Waals surface area contributed by atoms with Crippen molar-refractivity contribution in [1.82, 2.24) is 29.6 Å². The van der Waals surface area contributed by atoms with Gasteiger partial charge in [-0.2, -0.15) is 0 Å². The number of hydrogen-bond acceptors (Lipinski definition) is 8. The van der Waals surface area contributed by atoms with Crippen LogP contribution in [0.15, 0.2) is 40.2 Å². The molecule has 0 aliphatic carbocycles. The number of ether oxygens (including phenoxy) is 1. The zero-order valence-electron chi connectivity index (χ0n) is 19.8. The number of aliphatic hydroxyl groups excluding tert-OH is 2. The van der Waals surface area contributed by atoms with Crippen LogP contribution in [0.1, 0.15) is 51.5 Å². The monoisotopic (exact) mass is 483 g/mol. The predicted molar refractivity (Wildman–Crippen MR) is 122 cm³/mol. The maximum atomic E-state index is 12.9. The molecule has 185 valence electrons. The van der Waals surface area contributed by atoms with Gasteiger partial charge in [0.2, 0.25) is 0 Å². The molecule has 12 nitrogen and oxygen atoms in total. The largest absolute Gasteiger partial charge is 0.394 e. The molecule has 2 aliphatic rings. The van der Waals surface area contributed by atoms with Crippen LogP contribution in [-0.4, -0.2) is 58.6 Å². The molecule has 3 atom stereocenters. The van der Waals surface area contributed by atoms with Crippen LogP contribution < -0.4 is 11.2 Å². The summed E-state index contributed by atoms with van der Waals surface area (Å²) in [6.07, 6.45) is 0.355. The van der Waals surface area contributed by atoms with E-state index in [-0.39, 0.29) is 17.7 Å². The van der Waals surface area contributed by atoms with Gasteiger partial charge in [-0.15, -0.1) is 15.4 Å². The number of nitrogens with one attached hydrogen (secondary N) is 1. The number of benzene rings is 1. The molecule has 0 bridgehead atoms. The molecular weight excluding hydrogens is 456 g/mol. The number of nitrogens with zero attached hydrogens (tertiary/aromatic N) is 5. The average Bonchev–Trinajstić information content (AvgIpc) is 3.47. The lowest BCUT2D eigenvalue weighted by molar-refractivity contribution is -0.266. The summed E-state index contributed by atoms with van der Waals surface area (Å²) in [6.45, 7) is 7.12. The van der Waals surface area contributed by atoms with Gasteiger partial charge >= 0.3 is 5.69 Å². The Hall–Kier alpha value is -3.16. The Kier molecular flexibility index (Phi) is 5.34. The summed E-state index contributed by atoms with van der Waals surface area (Å²) in [5.74, 6) is 0. The molecule has 3 N–H and O–H groups in total. The number of hydroxylamine groups is 2. The van der Waals surface area contributed by atoms with Gasteiger partial charge in [-0.3, -0.25) is 14.3 Å². The van der Waals surface area contributed by atoms with Gasteiger partial charge in [-0.1, -0.05) is 11.3 Å². The number of hydrogen-bond donors (Lipinski definition) is 3. The van der Waals surface area contributed by atoms with E-state index in [9.17, 15) is 25.0 Å². The zero-order valence-corrected chi connectivity index (χ0v) is 19.8. The summed E-state index contributed by atoms with van der Waals surface area (Å²) in [6, 6.07) is 5.63. The van der Waals surface area contributed by atoms with Gasteiger partial charge in [-0.05, 0) is 51.0 Å². The summed E-state index contributed by atoms with van der Waals surface area (Å²) in [5.41, 5.74) is 0.0535. The first kappa shape index (κ1) is 23.6. The first-order valence-corrected chi connectivity index (χ1v) is 11.3. The number of fused-ring (bicyclic) bond motifs is 1. The highest BCUT2D eigenvalue weighted by Gasteiger charge is 2.50. The molecule has 1 aromatic carbocycles. The molecule has 5 rings (SSSR count). The lowest BCUT2D eigenvalue weighted by Crippen LogP contribution is -2.41. The molecule has 4 heterocycles. The number of aliphatic hydroxyl groups is 2. The van der Waals surface area contributed by atoms with Crippen molar-refractivity contribution in [3.8, 4) is 16.9 Å². The van der Waals surface area contributed by atoms with Gasteiger partial charge in [-0.25, -0.2) is 9.48 Å². The van der Waals surface area contributed by atoms with E-state index in [0.29, 0.717) is 5.69 Å². The third kappa shape index (κ3) is 3.56. The fraction of sp³-hybridized carbons (Fsp3) is 0.478. The van der Waals surface area contributed by atoms with Crippen molar-refractivity contribution < 1.29 is 20.2 Å². The van der Waals surface area contributed by atoms with Gasteiger partial charge in [0, 0.05) is 12.6 Å². The molecule has 35 heavy (non-hydrogen) atoms. The van der Waals surface area contributed by atoms with Gasteiger partial charge in [0.25, 0.3) is 5.56 Å². The van der Waals surface area contributed by atoms with E-state index < -0.39 is 47.4 Å². The second-order valence-corrected chi connectivity index (χ2v) is 10.0. The van der Waals surface area contributed by atoms with Crippen molar-refractivity contribution in [2.45, 2.75) is 63.6 Å². The molecule has 2 aromatic heterocycles. The lowest BCUT2D eigenvalue weighted by Gasteiger charge is -2.32. The lowest BCUT2D eigenvalue weighted by atomic mass is 9.90. The van der Waals surface area contributed by atoms with E-state index >= 15 is 0 Å². The summed E-state index contributed by atoms with van der Waals surface area (Å²) in [7, 11) is 0. The Morgan fingerprint density at radius 3 is 2.54 bits per heavy atom. The van der Waals surface area contributed by atoms with Crippen LogP contribution >= 0.6 is 0 Å². The summed E-state index contributed by atoms with van der Waals surface area (Å²) in [4.78, 5) is 27.2. The van der Waals surface area contributed by atoms with E-state index in [1.165, 1.54) is 10.9 Å². The molecule has 0 saturated carbocycles. The quantitative estimate of drug-likeness (QED) is 0.485. The average molecular weight is 484 g/mol. The first-order valence-electron chi connectivity index (χ1n) is 11.3. The summed E-state index contributed by atoms with van der Waals surface area (Å²) < 4.78 is 8.22. The van der Waals surface area contributed by atoms with Crippen molar-refractivity contribution >= 4 is 0 Å². The Bertz CT molecular complexity index is 1410. The van der Waals surface area contributed by atoms with Crippen LogP contribution in [0.5, 0.6) is 0 Å². The topological polar surface area (TPSA) is 158 Å². The maximum absolute atomic E-state index is 12.9. The molecule has 0 spiro atoms. The van der Waals surface area contributed by atoms with Crippen LogP contribution in [-0.2, 0) is 21.0 Å². The van der Waals surface area contributed by atoms with E-state index in [1.54, 1.807) is 6.20 Å². The Morgan fingerprint density at radius 2 is 1.86 bits per heavy atom. The standard InChI is InChI=1S/C23H27N6O6/c1-22(2)14-6-5-12(7-15(14)23(3,4)29(22)34)28-10-16(25-26-28)13-9-27(21(33)24-20(13)32)19-8-17(31)18(11-30)35-19/h5-7,9-10,17-19,30-31H,8,11H2,1-4H3,(H,24,32,33)/t17-,18+,19+/m0/s1. The number of rotatable bonds is 4. The third-order valence-corrected chi connectivity index (χ3v) is 7.03. The Labute approximate surface area is 200 Å². The van der Waals surface area contributed by atoms with E-state index in [0.717, 1.165) is 20.8 Å². The summed E-state index contributed by atoms with van der Waals surface area (Å²) >= 11 is 0. The molecule has 3 aromatic rings. The number of aromatic nitrogens is 5. The fourth-order valence-corrected chi connectivity index (χ4v) is 5.08. The van der Waals surface area contributed by atoms with Crippen molar-refractivity contribution in [1.29, 1.82) is 0 Å². The van der Waals surface area contributed by atoms with Gasteiger partial charge in [0.1, 0.15) is 18.0 Å². The molecule has 2 aliphatic heterocycles. The predicted octanol–water partition coefficient (Wildman–Crippen LogP) is 0.556. The minimum atomic E-state index is -0.938. The third-order valence-electron chi connectivity index (χ3n) is 7.03. The van der Waals surface area contributed by atoms with Crippen LogP contribution in [0.4, 0.5) is 0 Å². The Morgan fingerprint density at radius 1 is 1.14 bits per heavy atom. The fourth-order valence-electron chi connectivity index (χ4n) is 5.08. The van der Waals surface area contributed by atoms with Crippen LogP contribution in [0.2, 0.25) is 0 Å². The SMILES string of the molecule is CC1(C)c2ccc(-n3cc(-c4cn([C@H]5C[C@H](O)[C@@H](CO)O5)c(=O)[nH]c4=O)nn3)cc2C(C)(C)N1[O]. The minimum absolute atomic E-state index is 0.0846. The molecule has 12 heteroatoms. The van der Waals surface area contributed by atoms with Crippen molar-refractivity contribution in [2.24, 2.45) is 0 Å². The minimum Gasteiger partial charge on any atom is -0.394 e. The first-order chi connectivity index (χ1) is 16.4. The van der Waals surface area contributed by atoms with Gasteiger partial charge in [0.05, 0.1) is 41.2 Å². The zero-order chi connectivity index (χ0) is 25.3. The number of aromatic amines is 1. The van der Waals surface area contributed by atoms with Gasteiger partial charge in [0.15, 0.2) is 0 Å². The van der Waals surface area contributed by atoms with Crippen LogP contribution in [0.25, 0.3) is 16.9 Å². The molecule has 1 fully saturated rings. The molecule has 1 radical (unpaired) electrons.